The predicted molar refractivity (Wildman–Crippen MR) is 74.5 cm³/mol. The Balaban J connectivity index is 1.95. The van der Waals surface area contributed by atoms with Gasteiger partial charge in [0.15, 0.2) is 0 Å². The predicted octanol–water partition coefficient (Wildman–Crippen LogP) is 3.21. The molecule has 0 atom stereocenters. The van der Waals surface area contributed by atoms with Crippen LogP contribution >= 0.6 is 15.9 Å². The van der Waals surface area contributed by atoms with Crippen molar-refractivity contribution < 1.29 is 0 Å². The van der Waals surface area contributed by atoms with Crippen LogP contribution in [0.4, 0.5) is 0 Å². The van der Waals surface area contributed by atoms with E-state index in [-0.39, 0.29) is 0 Å². The van der Waals surface area contributed by atoms with E-state index in [0.29, 0.717) is 6.04 Å². The first-order valence-electron chi connectivity index (χ1n) is 6.54. The van der Waals surface area contributed by atoms with Gasteiger partial charge in [-0.15, -0.1) is 0 Å². The third-order valence-corrected chi connectivity index (χ3v) is 3.88. The fourth-order valence-electron chi connectivity index (χ4n) is 2.21. The zero-order chi connectivity index (χ0) is 12.3. The first kappa shape index (κ1) is 13.1. The van der Waals surface area contributed by atoms with Crippen LogP contribution in [0, 0.1) is 0 Å². The Morgan fingerprint density at radius 2 is 2.29 bits per heavy atom. The van der Waals surface area contributed by atoms with Crippen LogP contribution in [0.2, 0.25) is 0 Å². The van der Waals surface area contributed by atoms with E-state index >= 15 is 0 Å². The molecule has 0 amide bonds. The lowest BCUT2D eigenvalue weighted by atomic mass is 9.91. The second-order valence-electron chi connectivity index (χ2n) is 5.13. The Hall–Kier alpha value is -0.350. The van der Waals surface area contributed by atoms with Crippen LogP contribution in [-0.4, -0.2) is 32.6 Å². The molecule has 1 aromatic heterocycles. The maximum Gasteiger partial charge on any atom is 0.0765 e. The quantitative estimate of drug-likeness (QED) is 0.752. The summed E-state index contributed by atoms with van der Waals surface area (Å²) >= 11 is 3.55. The third kappa shape index (κ3) is 3.32. The summed E-state index contributed by atoms with van der Waals surface area (Å²) in [7, 11) is 0. The molecule has 2 rings (SSSR count). The molecule has 0 spiro atoms. The fraction of sp³-hybridized carbons (Fsp3) is 0.769. The topological polar surface area (TPSA) is 21.1 Å². The van der Waals surface area contributed by atoms with E-state index in [9.17, 15) is 0 Å². The molecule has 0 radical (unpaired) electrons. The third-order valence-electron chi connectivity index (χ3n) is 3.52. The van der Waals surface area contributed by atoms with Gasteiger partial charge in [-0.2, -0.15) is 5.10 Å². The monoisotopic (exact) mass is 299 g/mol. The molecule has 1 aliphatic carbocycles. The maximum atomic E-state index is 4.63. The molecular weight excluding hydrogens is 278 g/mol. The van der Waals surface area contributed by atoms with Crippen LogP contribution in [0.5, 0.6) is 0 Å². The van der Waals surface area contributed by atoms with Crippen molar-refractivity contribution in [3.05, 3.63) is 18.0 Å². The highest BCUT2D eigenvalue weighted by Gasteiger charge is 2.24. The van der Waals surface area contributed by atoms with Crippen LogP contribution in [0.3, 0.4) is 0 Å². The summed E-state index contributed by atoms with van der Waals surface area (Å²) in [6, 6.07) is 3.40. The highest BCUT2D eigenvalue weighted by Crippen LogP contribution is 2.26. The summed E-state index contributed by atoms with van der Waals surface area (Å²) in [5.41, 5.74) is 1.20. The molecule has 3 nitrogen and oxygen atoms in total. The van der Waals surface area contributed by atoms with Crippen LogP contribution < -0.4 is 0 Å². The van der Waals surface area contributed by atoms with Gasteiger partial charge in [0.2, 0.25) is 0 Å². The largest absolute Gasteiger partial charge is 0.294 e. The zero-order valence-corrected chi connectivity index (χ0v) is 12.4. The first-order chi connectivity index (χ1) is 8.20. The molecule has 1 fully saturated rings. The summed E-state index contributed by atoms with van der Waals surface area (Å²) in [6.07, 6.45) is 6.20. The first-order valence-corrected chi connectivity index (χ1v) is 7.67. The standard InChI is InChI=1S/C13H22BrN3/c1-11(2)17-8-6-12(15-17)10-16(9-7-14)13-4-3-5-13/h6,8,11,13H,3-5,7,9-10H2,1-2H3. The fourth-order valence-corrected chi connectivity index (χ4v) is 2.66. The highest BCUT2D eigenvalue weighted by molar-refractivity contribution is 9.09. The average molecular weight is 300 g/mol. The molecule has 0 N–H and O–H groups in total. The Kier molecular flexibility index (Phi) is 4.62. The summed E-state index contributed by atoms with van der Waals surface area (Å²) < 4.78 is 2.04. The highest BCUT2D eigenvalue weighted by atomic mass is 79.9. The minimum absolute atomic E-state index is 0.456. The van der Waals surface area contributed by atoms with E-state index < -0.39 is 0 Å². The van der Waals surface area contributed by atoms with E-state index in [1.54, 1.807) is 0 Å². The van der Waals surface area contributed by atoms with E-state index in [2.05, 4.69) is 52.0 Å². The number of rotatable bonds is 6. The van der Waals surface area contributed by atoms with E-state index in [1.165, 1.54) is 25.0 Å². The van der Waals surface area contributed by atoms with Gasteiger partial charge in [0, 0.05) is 36.7 Å². The summed E-state index contributed by atoms with van der Waals surface area (Å²) in [5, 5.41) is 5.68. The van der Waals surface area contributed by atoms with Gasteiger partial charge in [-0.1, -0.05) is 22.4 Å². The lowest BCUT2D eigenvalue weighted by molar-refractivity contribution is 0.126. The number of hydrogen-bond acceptors (Lipinski definition) is 2. The van der Waals surface area contributed by atoms with Crippen LogP contribution in [0.25, 0.3) is 0 Å². The van der Waals surface area contributed by atoms with Crippen LogP contribution in [-0.2, 0) is 6.54 Å². The normalized spacial score (nSPS) is 16.8. The van der Waals surface area contributed by atoms with Crippen molar-refractivity contribution in [2.24, 2.45) is 0 Å². The zero-order valence-electron chi connectivity index (χ0n) is 10.8. The van der Waals surface area contributed by atoms with Gasteiger partial charge >= 0.3 is 0 Å². The van der Waals surface area contributed by atoms with Gasteiger partial charge in [0.25, 0.3) is 0 Å². The SMILES string of the molecule is CC(C)n1ccc(CN(CCBr)C2CCC2)n1. The van der Waals surface area contributed by atoms with Crippen LogP contribution in [0.1, 0.15) is 44.8 Å². The molecule has 1 aliphatic rings. The number of hydrogen-bond donors (Lipinski definition) is 0. The number of aromatic nitrogens is 2. The summed E-state index contributed by atoms with van der Waals surface area (Å²) in [4.78, 5) is 2.56. The lowest BCUT2D eigenvalue weighted by Crippen LogP contribution is -2.40. The Morgan fingerprint density at radius 3 is 2.76 bits per heavy atom. The minimum Gasteiger partial charge on any atom is -0.294 e. The van der Waals surface area contributed by atoms with Crippen molar-refractivity contribution in [1.82, 2.24) is 14.7 Å². The van der Waals surface area contributed by atoms with Gasteiger partial charge < -0.3 is 0 Å². The van der Waals surface area contributed by atoms with Gasteiger partial charge in [0.05, 0.1) is 5.69 Å². The summed E-state index contributed by atoms with van der Waals surface area (Å²) in [6.45, 7) is 6.45. The molecule has 0 aliphatic heterocycles. The molecule has 0 bridgehead atoms. The molecule has 0 unspecified atom stereocenters. The second kappa shape index (κ2) is 6.01. The minimum atomic E-state index is 0.456. The second-order valence-corrected chi connectivity index (χ2v) is 5.92. The molecule has 1 heterocycles. The molecule has 17 heavy (non-hydrogen) atoms. The Morgan fingerprint density at radius 1 is 1.53 bits per heavy atom. The van der Waals surface area contributed by atoms with Crippen LogP contribution in [0.15, 0.2) is 12.3 Å². The van der Waals surface area contributed by atoms with E-state index in [4.69, 9.17) is 0 Å². The van der Waals surface area contributed by atoms with Gasteiger partial charge in [-0.3, -0.25) is 9.58 Å². The lowest BCUT2D eigenvalue weighted by Gasteiger charge is -2.36. The molecule has 0 saturated heterocycles. The van der Waals surface area contributed by atoms with Crippen molar-refractivity contribution in [2.45, 2.75) is 51.7 Å². The van der Waals surface area contributed by atoms with Crippen molar-refractivity contribution in [1.29, 1.82) is 0 Å². The molecule has 0 aromatic carbocycles. The van der Waals surface area contributed by atoms with Gasteiger partial charge in [-0.05, 0) is 32.8 Å². The van der Waals surface area contributed by atoms with Gasteiger partial charge in [0.1, 0.15) is 0 Å². The van der Waals surface area contributed by atoms with E-state index in [0.717, 1.165) is 24.5 Å². The Bertz CT molecular complexity index is 344. The smallest absolute Gasteiger partial charge is 0.0765 e. The molecular formula is C13H22BrN3. The molecule has 1 aromatic rings. The molecule has 1 saturated carbocycles. The number of halogens is 1. The summed E-state index contributed by atoms with van der Waals surface area (Å²) in [5.74, 6) is 0. The molecule has 96 valence electrons. The maximum absolute atomic E-state index is 4.63. The van der Waals surface area contributed by atoms with Crippen molar-refractivity contribution in [3.8, 4) is 0 Å². The average Bonchev–Trinajstić information content (AvgIpc) is 2.64. The Labute approximate surface area is 112 Å². The number of alkyl halides is 1. The van der Waals surface area contributed by atoms with Crippen molar-refractivity contribution >= 4 is 15.9 Å². The number of nitrogens with zero attached hydrogens (tertiary/aromatic N) is 3. The van der Waals surface area contributed by atoms with Crippen molar-refractivity contribution in [3.63, 3.8) is 0 Å². The van der Waals surface area contributed by atoms with Gasteiger partial charge in [-0.25, -0.2) is 0 Å². The van der Waals surface area contributed by atoms with Crippen molar-refractivity contribution in [2.75, 3.05) is 11.9 Å². The van der Waals surface area contributed by atoms with E-state index in [1.807, 2.05) is 4.68 Å². The molecule has 4 heteroatoms.